The molecule has 4 aromatic carbocycles. The van der Waals surface area contributed by atoms with Crippen LogP contribution in [0.4, 0.5) is 0 Å². The molecule has 50 heavy (non-hydrogen) atoms. The van der Waals surface area contributed by atoms with Crippen LogP contribution in [0.25, 0.3) is 12.2 Å². The zero-order valence-electron chi connectivity index (χ0n) is 27.6. The first-order chi connectivity index (χ1) is 24.2. The summed E-state index contributed by atoms with van der Waals surface area (Å²) in [4.78, 5) is 40.8. The van der Waals surface area contributed by atoms with Gasteiger partial charge in [0.15, 0.2) is 23.0 Å². The van der Waals surface area contributed by atoms with Gasteiger partial charge in [-0.05, 0) is 71.8 Å². The number of amidine groups is 2. The van der Waals surface area contributed by atoms with Crippen molar-refractivity contribution in [3.05, 3.63) is 128 Å². The van der Waals surface area contributed by atoms with Gasteiger partial charge in [-0.2, -0.15) is 0 Å². The lowest BCUT2D eigenvalue weighted by Crippen LogP contribution is -2.42. The molecule has 2 amide bonds. The summed E-state index contributed by atoms with van der Waals surface area (Å²) in [6, 6.07) is 25.9. The predicted octanol–water partition coefficient (Wildman–Crippen LogP) is 7.21. The van der Waals surface area contributed by atoms with Crippen molar-refractivity contribution < 1.29 is 28.5 Å². The molecule has 2 heterocycles. The normalized spacial score (nSPS) is 15.9. The van der Waals surface area contributed by atoms with Gasteiger partial charge in [0.05, 0.1) is 28.4 Å². The molecule has 0 aromatic heterocycles. The molecule has 0 saturated heterocycles. The summed E-state index contributed by atoms with van der Waals surface area (Å²) >= 11 is 6.98. The number of aliphatic imine (C=N–C) groups is 2. The Hall–Kier alpha value is -5.20. The second-order valence-electron chi connectivity index (χ2n) is 11.1. The third kappa shape index (κ3) is 7.22. The minimum Gasteiger partial charge on any atom is -0.493 e. The maximum atomic E-state index is 14.0. The van der Waals surface area contributed by atoms with Gasteiger partial charge >= 0.3 is 0 Å². The number of carbonyl (C=O) groups excluding carboxylic acids is 2. The molecule has 2 aliphatic heterocycles. The lowest BCUT2D eigenvalue weighted by molar-refractivity contribution is -0.125. The summed E-state index contributed by atoms with van der Waals surface area (Å²) in [5, 5.41) is 0. The number of nitrogens with zero attached hydrogens (tertiary/aromatic N) is 4. The maximum absolute atomic E-state index is 14.0. The van der Waals surface area contributed by atoms with Gasteiger partial charge in [-0.25, -0.2) is 9.98 Å². The molecule has 10 nitrogen and oxygen atoms in total. The fourth-order valence-electron chi connectivity index (χ4n) is 5.56. The molecule has 0 bridgehead atoms. The number of hydrogen-bond donors (Lipinski definition) is 0. The number of rotatable bonds is 11. The second kappa shape index (κ2) is 15.1. The number of amides is 2. The Morgan fingerprint density at radius 1 is 0.540 bits per heavy atom. The fraction of sp³-hybridized carbons (Fsp3) is 0.158. The topological polar surface area (TPSA) is 102 Å². The smallest absolute Gasteiger partial charge is 0.278 e. The first-order valence-corrected chi connectivity index (χ1v) is 17.0. The molecular weight excluding hydrogens is 768 g/mol. The summed E-state index contributed by atoms with van der Waals surface area (Å²) in [6.45, 7) is 0.309. The summed E-state index contributed by atoms with van der Waals surface area (Å²) in [5.74, 6) is 2.57. The van der Waals surface area contributed by atoms with Gasteiger partial charge in [0.2, 0.25) is 0 Å². The molecule has 12 heteroatoms. The van der Waals surface area contributed by atoms with Crippen LogP contribution < -0.4 is 18.9 Å². The third-order valence-corrected chi connectivity index (χ3v) is 9.12. The van der Waals surface area contributed by atoms with Crippen molar-refractivity contribution in [2.45, 2.75) is 0 Å². The highest BCUT2D eigenvalue weighted by Gasteiger charge is 2.35. The Labute approximate surface area is 306 Å². The molecule has 6 rings (SSSR count). The van der Waals surface area contributed by atoms with Crippen molar-refractivity contribution in [1.82, 2.24) is 9.80 Å². The molecule has 254 valence electrons. The number of carbonyl (C=O) groups is 2. The number of methoxy groups -OCH3 is 4. The highest BCUT2D eigenvalue weighted by molar-refractivity contribution is 9.10. The quantitative estimate of drug-likeness (QED) is 0.149. The standard InChI is InChI=1S/C38H32Br2N4O6/c1-47-31-15-5-23(21-33(31)49-3)19-29-37(45)43(35(41-29)25-7-11-27(39)12-8-25)17-18-44-36(26-9-13-28(40)14-10-26)42-30(38(44)46)20-24-6-16-32(48-2)34(22-24)50-4/h5-16,19-22H,17-18H2,1-4H3/b29-19-,30-20+. The van der Waals surface area contributed by atoms with Crippen LogP contribution in [-0.4, -0.2) is 74.8 Å². The van der Waals surface area contributed by atoms with Crippen LogP contribution in [0.5, 0.6) is 23.0 Å². The molecule has 0 unspecified atom stereocenters. The van der Waals surface area contributed by atoms with Crippen LogP contribution >= 0.6 is 31.9 Å². The van der Waals surface area contributed by atoms with E-state index in [1.807, 2.05) is 60.7 Å². The van der Waals surface area contributed by atoms with E-state index in [2.05, 4.69) is 31.9 Å². The zero-order chi connectivity index (χ0) is 35.4. The Morgan fingerprint density at radius 2 is 0.900 bits per heavy atom. The molecule has 0 N–H and O–H groups in total. The highest BCUT2D eigenvalue weighted by atomic mass is 79.9. The van der Waals surface area contributed by atoms with E-state index < -0.39 is 0 Å². The SMILES string of the molecule is COc1ccc(/C=C2\N=C(c3ccc(Br)cc3)N(CCN3C(=O)/C(=C\c4ccc(OC)c(OC)c4)N=C3c3ccc(Br)cc3)C2=O)cc1OC. The van der Waals surface area contributed by atoms with E-state index in [4.69, 9.17) is 28.9 Å². The van der Waals surface area contributed by atoms with Crippen molar-refractivity contribution in [2.75, 3.05) is 41.5 Å². The van der Waals surface area contributed by atoms with Crippen LogP contribution in [0.3, 0.4) is 0 Å². The Bertz CT molecular complexity index is 1930. The molecule has 0 atom stereocenters. The molecule has 2 aliphatic rings. The van der Waals surface area contributed by atoms with Gasteiger partial charge in [0, 0.05) is 33.2 Å². The van der Waals surface area contributed by atoms with Crippen molar-refractivity contribution in [2.24, 2.45) is 9.98 Å². The minimum atomic E-state index is -0.299. The van der Waals surface area contributed by atoms with Gasteiger partial charge in [-0.1, -0.05) is 68.3 Å². The number of hydrogen-bond acceptors (Lipinski definition) is 8. The first kappa shape index (κ1) is 34.7. The van der Waals surface area contributed by atoms with Crippen LogP contribution in [0.1, 0.15) is 22.3 Å². The van der Waals surface area contributed by atoms with Gasteiger partial charge in [-0.3, -0.25) is 19.4 Å². The van der Waals surface area contributed by atoms with Gasteiger partial charge in [-0.15, -0.1) is 0 Å². The number of benzene rings is 4. The van der Waals surface area contributed by atoms with E-state index in [9.17, 15) is 9.59 Å². The van der Waals surface area contributed by atoms with E-state index in [0.717, 1.165) is 31.2 Å². The maximum Gasteiger partial charge on any atom is 0.278 e. The van der Waals surface area contributed by atoms with Gasteiger partial charge in [0.1, 0.15) is 23.1 Å². The van der Waals surface area contributed by atoms with Crippen LogP contribution in [0.2, 0.25) is 0 Å². The van der Waals surface area contributed by atoms with Crippen LogP contribution in [0, 0.1) is 0 Å². The average Bonchev–Trinajstić information content (AvgIpc) is 3.61. The molecule has 0 fully saturated rings. The highest BCUT2D eigenvalue weighted by Crippen LogP contribution is 2.32. The average molecular weight is 801 g/mol. The Balaban J connectivity index is 1.33. The second-order valence-corrected chi connectivity index (χ2v) is 12.9. The van der Waals surface area contributed by atoms with E-state index in [-0.39, 0.29) is 36.3 Å². The fourth-order valence-corrected chi connectivity index (χ4v) is 6.08. The van der Waals surface area contributed by atoms with Crippen molar-refractivity contribution >= 4 is 67.5 Å². The lowest BCUT2D eigenvalue weighted by atomic mass is 10.1. The molecule has 0 radical (unpaired) electrons. The third-order valence-electron chi connectivity index (χ3n) is 8.07. The Morgan fingerprint density at radius 3 is 1.24 bits per heavy atom. The molecule has 0 saturated carbocycles. The van der Waals surface area contributed by atoms with E-state index in [1.165, 1.54) is 0 Å². The predicted molar refractivity (Wildman–Crippen MR) is 200 cm³/mol. The zero-order valence-corrected chi connectivity index (χ0v) is 30.8. The summed E-state index contributed by atoms with van der Waals surface area (Å²) < 4.78 is 23.4. The van der Waals surface area contributed by atoms with Gasteiger partial charge < -0.3 is 18.9 Å². The van der Waals surface area contributed by atoms with E-state index in [0.29, 0.717) is 34.7 Å². The molecular formula is C38H32Br2N4O6. The van der Waals surface area contributed by atoms with E-state index >= 15 is 0 Å². The molecule has 4 aromatic rings. The van der Waals surface area contributed by atoms with Crippen molar-refractivity contribution in [3.8, 4) is 23.0 Å². The Kier molecular flexibility index (Phi) is 10.5. The molecule has 0 spiro atoms. The van der Waals surface area contributed by atoms with Crippen LogP contribution in [0.15, 0.2) is 115 Å². The monoisotopic (exact) mass is 798 g/mol. The lowest BCUT2D eigenvalue weighted by Gasteiger charge is -2.24. The van der Waals surface area contributed by atoms with Crippen molar-refractivity contribution in [3.63, 3.8) is 0 Å². The van der Waals surface area contributed by atoms with Crippen molar-refractivity contribution in [1.29, 1.82) is 0 Å². The summed E-state index contributed by atoms with van der Waals surface area (Å²) in [5.41, 5.74) is 3.44. The largest absolute Gasteiger partial charge is 0.493 e. The number of halogens is 2. The summed E-state index contributed by atoms with van der Waals surface area (Å²) in [7, 11) is 6.24. The molecule has 0 aliphatic carbocycles. The summed E-state index contributed by atoms with van der Waals surface area (Å²) in [6.07, 6.45) is 3.42. The van der Waals surface area contributed by atoms with Crippen LogP contribution in [-0.2, 0) is 9.59 Å². The van der Waals surface area contributed by atoms with E-state index in [1.54, 1.807) is 74.7 Å². The van der Waals surface area contributed by atoms with Gasteiger partial charge in [0.25, 0.3) is 11.8 Å². The first-order valence-electron chi connectivity index (χ1n) is 15.4. The number of ether oxygens (including phenoxy) is 4. The minimum absolute atomic E-state index is 0.155.